The van der Waals surface area contributed by atoms with Crippen LogP contribution in [0.2, 0.25) is 0 Å². The van der Waals surface area contributed by atoms with Crippen LogP contribution in [0.25, 0.3) is 0 Å². The predicted octanol–water partition coefficient (Wildman–Crippen LogP) is 3.12. The first kappa shape index (κ1) is 20.0. The minimum absolute atomic E-state index is 0. The molecule has 1 aliphatic carbocycles. The number of furan rings is 1. The van der Waals surface area contributed by atoms with Gasteiger partial charge in [0, 0.05) is 38.8 Å². The van der Waals surface area contributed by atoms with Gasteiger partial charge in [0.05, 0.1) is 6.26 Å². The summed E-state index contributed by atoms with van der Waals surface area (Å²) in [6.45, 7) is 5.13. The fraction of sp³-hybridized carbons (Fsp3) is 0.588. The maximum Gasteiger partial charge on any atom is 0.191 e. The number of hydrogen-bond acceptors (Lipinski definition) is 3. The molecule has 2 rings (SSSR count). The van der Waals surface area contributed by atoms with Gasteiger partial charge in [-0.3, -0.25) is 4.99 Å². The molecule has 0 spiro atoms. The second kappa shape index (κ2) is 12.4. The van der Waals surface area contributed by atoms with Gasteiger partial charge >= 0.3 is 0 Å². The molecular formula is C17H28IN3O2. The Morgan fingerprint density at radius 3 is 2.91 bits per heavy atom. The number of nitrogens with zero attached hydrogens (tertiary/aromatic N) is 1. The summed E-state index contributed by atoms with van der Waals surface area (Å²) in [5, 5.41) is 6.88. The highest BCUT2D eigenvalue weighted by Crippen LogP contribution is 2.08. The molecule has 0 saturated carbocycles. The van der Waals surface area contributed by atoms with Crippen molar-refractivity contribution in [3.05, 3.63) is 36.3 Å². The summed E-state index contributed by atoms with van der Waals surface area (Å²) in [5.41, 5.74) is 0. The topological polar surface area (TPSA) is 58.8 Å². The molecule has 23 heavy (non-hydrogen) atoms. The molecule has 0 radical (unpaired) electrons. The van der Waals surface area contributed by atoms with Gasteiger partial charge in [-0.15, -0.1) is 24.0 Å². The van der Waals surface area contributed by atoms with E-state index in [1.165, 1.54) is 0 Å². The van der Waals surface area contributed by atoms with Crippen molar-refractivity contribution in [2.45, 2.75) is 38.6 Å². The lowest BCUT2D eigenvalue weighted by Gasteiger charge is -2.17. The Kier molecular flexibility index (Phi) is 10.8. The highest BCUT2D eigenvalue weighted by molar-refractivity contribution is 14.0. The second-order valence-corrected chi connectivity index (χ2v) is 5.32. The minimum Gasteiger partial charge on any atom is -0.469 e. The molecule has 1 aromatic heterocycles. The zero-order valence-corrected chi connectivity index (χ0v) is 16.1. The smallest absolute Gasteiger partial charge is 0.191 e. The Labute approximate surface area is 156 Å². The number of hydrogen-bond donors (Lipinski definition) is 2. The van der Waals surface area contributed by atoms with E-state index in [0.717, 1.165) is 63.7 Å². The van der Waals surface area contributed by atoms with E-state index in [-0.39, 0.29) is 24.0 Å². The molecule has 0 atom stereocenters. The Morgan fingerprint density at radius 1 is 1.39 bits per heavy atom. The molecule has 1 aromatic rings. The molecule has 0 aromatic carbocycles. The molecule has 0 saturated heterocycles. The number of nitrogens with one attached hydrogen (secondary N) is 2. The van der Waals surface area contributed by atoms with E-state index in [9.17, 15) is 0 Å². The van der Waals surface area contributed by atoms with Gasteiger partial charge in [-0.2, -0.15) is 0 Å². The SMILES string of the molecule is CCOCCCN=C(NCCc1ccco1)NC1CC=CC1.I. The first-order chi connectivity index (χ1) is 10.9. The minimum atomic E-state index is 0. The van der Waals surface area contributed by atoms with Crippen LogP contribution in [-0.4, -0.2) is 38.3 Å². The van der Waals surface area contributed by atoms with Crippen molar-refractivity contribution >= 4 is 29.9 Å². The number of halogens is 1. The molecular weight excluding hydrogens is 405 g/mol. The molecule has 0 aliphatic heterocycles. The van der Waals surface area contributed by atoms with Gasteiger partial charge in [0.25, 0.3) is 0 Å². The summed E-state index contributed by atoms with van der Waals surface area (Å²) in [6.07, 6.45) is 10.1. The van der Waals surface area contributed by atoms with Crippen LogP contribution in [0, 0.1) is 0 Å². The van der Waals surface area contributed by atoms with E-state index in [1.54, 1.807) is 6.26 Å². The Morgan fingerprint density at radius 2 is 2.22 bits per heavy atom. The number of guanidine groups is 1. The first-order valence-electron chi connectivity index (χ1n) is 8.18. The van der Waals surface area contributed by atoms with Crippen LogP contribution in [0.3, 0.4) is 0 Å². The van der Waals surface area contributed by atoms with Gasteiger partial charge in [-0.25, -0.2) is 0 Å². The summed E-state index contributed by atoms with van der Waals surface area (Å²) in [7, 11) is 0. The van der Waals surface area contributed by atoms with Crippen molar-refractivity contribution in [3.63, 3.8) is 0 Å². The third-order valence-electron chi connectivity index (χ3n) is 3.51. The molecule has 1 aliphatic rings. The molecule has 0 amide bonds. The van der Waals surface area contributed by atoms with Crippen LogP contribution in [0.1, 0.15) is 31.9 Å². The van der Waals surface area contributed by atoms with Crippen molar-refractivity contribution in [1.29, 1.82) is 0 Å². The Hall–Kier alpha value is -1.02. The normalized spacial score (nSPS) is 14.7. The van der Waals surface area contributed by atoms with Crippen LogP contribution in [0.4, 0.5) is 0 Å². The lowest BCUT2D eigenvalue weighted by molar-refractivity contribution is 0.146. The summed E-state index contributed by atoms with van der Waals surface area (Å²) in [6, 6.07) is 4.37. The highest BCUT2D eigenvalue weighted by atomic mass is 127. The fourth-order valence-electron chi connectivity index (χ4n) is 2.34. The lowest BCUT2D eigenvalue weighted by atomic mass is 10.2. The average molecular weight is 433 g/mol. The summed E-state index contributed by atoms with van der Waals surface area (Å²) < 4.78 is 10.7. The Bertz CT molecular complexity index is 452. The zero-order chi connectivity index (χ0) is 15.5. The first-order valence-corrected chi connectivity index (χ1v) is 8.18. The molecule has 6 heteroatoms. The van der Waals surface area contributed by atoms with Crippen molar-refractivity contribution in [3.8, 4) is 0 Å². The molecule has 130 valence electrons. The molecule has 5 nitrogen and oxygen atoms in total. The predicted molar refractivity (Wildman–Crippen MR) is 105 cm³/mol. The second-order valence-electron chi connectivity index (χ2n) is 5.32. The van der Waals surface area contributed by atoms with Gasteiger partial charge < -0.3 is 19.8 Å². The Balaban J connectivity index is 0.00000264. The van der Waals surface area contributed by atoms with E-state index in [1.807, 2.05) is 19.1 Å². The molecule has 0 unspecified atom stereocenters. The van der Waals surface area contributed by atoms with Crippen LogP contribution in [0.5, 0.6) is 0 Å². The fourth-order valence-corrected chi connectivity index (χ4v) is 2.34. The highest BCUT2D eigenvalue weighted by Gasteiger charge is 2.11. The van der Waals surface area contributed by atoms with E-state index in [0.29, 0.717) is 6.04 Å². The van der Waals surface area contributed by atoms with Gasteiger partial charge in [0.15, 0.2) is 5.96 Å². The third kappa shape index (κ3) is 8.41. The zero-order valence-electron chi connectivity index (χ0n) is 13.8. The van der Waals surface area contributed by atoms with E-state index < -0.39 is 0 Å². The quantitative estimate of drug-likeness (QED) is 0.207. The van der Waals surface area contributed by atoms with Crippen molar-refractivity contribution in [2.24, 2.45) is 4.99 Å². The third-order valence-corrected chi connectivity index (χ3v) is 3.51. The van der Waals surface area contributed by atoms with Crippen molar-refractivity contribution < 1.29 is 9.15 Å². The number of aliphatic imine (C=N–C) groups is 1. The van der Waals surface area contributed by atoms with E-state index in [4.69, 9.17) is 9.15 Å². The maximum absolute atomic E-state index is 5.35. The van der Waals surface area contributed by atoms with Gasteiger partial charge in [0.1, 0.15) is 5.76 Å². The number of rotatable bonds is 9. The van der Waals surface area contributed by atoms with Crippen LogP contribution in [0.15, 0.2) is 40.0 Å². The standard InChI is InChI=1S/C17H27N3O2.HI/c1-2-21-13-6-11-18-17(20-15-7-3-4-8-15)19-12-10-16-9-5-14-22-16;/h3-5,9,14-15H,2,6-8,10-13H2,1H3,(H2,18,19,20);1H. The van der Waals surface area contributed by atoms with Gasteiger partial charge in [-0.1, -0.05) is 12.2 Å². The van der Waals surface area contributed by atoms with Crippen LogP contribution in [-0.2, 0) is 11.2 Å². The summed E-state index contributed by atoms with van der Waals surface area (Å²) in [5.74, 6) is 1.88. The van der Waals surface area contributed by atoms with E-state index in [2.05, 4.69) is 27.8 Å². The van der Waals surface area contributed by atoms with Crippen LogP contribution >= 0.6 is 24.0 Å². The van der Waals surface area contributed by atoms with Gasteiger partial charge in [0.2, 0.25) is 0 Å². The molecule has 0 bridgehead atoms. The van der Waals surface area contributed by atoms with Crippen LogP contribution < -0.4 is 10.6 Å². The van der Waals surface area contributed by atoms with Gasteiger partial charge in [-0.05, 0) is 38.3 Å². The lowest BCUT2D eigenvalue weighted by Crippen LogP contribution is -2.43. The van der Waals surface area contributed by atoms with Crippen molar-refractivity contribution in [1.82, 2.24) is 10.6 Å². The summed E-state index contributed by atoms with van der Waals surface area (Å²) >= 11 is 0. The molecule has 2 N–H and O–H groups in total. The monoisotopic (exact) mass is 433 g/mol. The average Bonchev–Trinajstić information content (AvgIpc) is 3.20. The largest absolute Gasteiger partial charge is 0.469 e. The maximum atomic E-state index is 5.35. The molecule has 0 fully saturated rings. The summed E-state index contributed by atoms with van der Waals surface area (Å²) in [4.78, 5) is 4.63. The van der Waals surface area contributed by atoms with E-state index >= 15 is 0 Å². The van der Waals surface area contributed by atoms with Crippen molar-refractivity contribution in [2.75, 3.05) is 26.3 Å². The molecule has 1 heterocycles. The number of ether oxygens (including phenoxy) is 1.